The molecule has 0 aliphatic heterocycles. The topological polar surface area (TPSA) is 57.5 Å². The van der Waals surface area contributed by atoms with Crippen molar-refractivity contribution in [3.8, 4) is 0 Å². The Labute approximate surface area is 48.1 Å². The largest absolute Gasteiger partial charge is 0.386 e. The van der Waals surface area contributed by atoms with Crippen molar-refractivity contribution in [2.24, 2.45) is 0 Å². The van der Waals surface area contributed by atoms with Crippen LogP contribution in [0.1, 0.15) is 0 Å². The number of aliphatic hydroxyl groups is 1. The van der Waals surface area contributed by atoms with E-state index in [0.717, 1.165) is 0 Å². The van der Waals surface area contributed by atoms with Gasteiger partial charge in [-0.1, -0.05) is 6.08 Å². The number of hydrogen-bond donors (Lipinski definition) is 2. The van der Waals surface area contributed by atoms with Crippen molar-refractivity contribution in [3.05, 3.63) is 12.7 Å². The fraction of sp³-hybridized carbons (Fsp3) is 0.500. The van der Waals surface area contributed by atoms with Crippen molar-refractivity contribution < 1.29 is 14.6 Å². The Balaban J connectivity index is 3.72. The van der Waals surface area contributed by atoms with Crippen molar-refractivity contribution in [3.63, 3.8) is 0 Å². The van der Waals surface area contributed by atoms with E-state index in [1.807, 2.05) is 0 Å². The highest BCUT2D eigenvalue weighted by Crippen LogP contribution is 2.38. The Bertz CT molecular complexity index is 120. The molecule has 0 spiro atoms. The molecule has 1 atom stereocenters. The monoisotopic (exact) mass is 136 g/mol. The fourth-order valence-electron chi connectivity index (χ4n) is 0.259. The van der Waals surface area contributed by atoms with Gasteiger partial charge >= 0.3 is 0 Å². The third-order valence-electron chi connectivity index (χ3n) is 0.635. The Morgan fingerprint density at radius 1 is 1.75 bits per heavy atom. The summed E-state index contributed by atoms with van der Waals surface area (Å²) < 4.78 is 10.4. The van der Waals surface area contributed by atoms with Gasteiger partial charge in [0.05, 0.1) is 0 Å². The summed E-state index contributed by atoms with van der Waals surface area (Å²) >= 11 is 0. The van der Waals surface area contributed by atoms with Gasteiger partial charge in [-0.15, -0.1) is 6.58 Å². The zero-order valence-electron chi connectivity index (χ0n) is 4.45. The van der Waals surface area contributed by atoms with Gasteiger partial charge in [-0.25, -0.2) is 0 Å². The van der Waals surface area contributed by atoms with Gasteiger partial charge in [0.25, 0.3) is 0 Å². The summed E-state index contributed by atoms with van der Waals surface area (Å²) in [6.07, 6.45) is 0.652. The molecule has 0 aromatic heterocycles. The molecule has 0 aliphatic carbocycles. The first kappa shape index (κ1) is 7.89. The van der Waals surface area contributed by atoms with Crippen LogP contribution >= 0.6 is 7.37 Å². The van der Waals surface area contributed by atoms with E-state index in [0.29, 0.717) is 0 Å². The third-order valence-corrected chi connectivity index (χ3v) is 1.91. The Morgan fingerprint density at radius 3 is 2.38 bits per heavy atom. The van der Waals surface area contributed by atoms with Gasteiger partial charge in [0.1, 0.15) is 6.35 Å². The van der Waals surface area contributed by atoms with E-state index in [2.05, 4.69) is 6.58 Å². The van der Waals surface area contributed by atoms with Crippen LogP contribution in [0.3, 0.4) is 0 Å². The molecule has 0 saturated carbocycles. The highest BCUT2D eigenvalue weighted by Gasteiger charge is 2.12. The molecule has 8 heavy (non-hydrogen) atoms. The average molecular weight is 136 g/mol. The summed E-state index contributed by atoms with van der Waals surface area (Å²) in [5.41, 5.74) is 0. The van der Waals surface area contributed by atoms with Gasteiger partial charge in [-0.3, -0.25) is 4.57 Å². The van der Waals surface area contributed by atoms with Gasteiger partial charge in [0.15, 0.2) is 0 Å². The normalized spacial score (nSPS) is 17.2. The smallest absolute Gasteiger partial charge is 0.228 e. The van der Waals surface area contributed by atoms with Crippen molar-refractivity contribution >= 4 is 7.37 Å². The summed E-state index contributed by atoms with van der Waals surface area (Å²) in [6, 6.07) is 0. The van der Waals surface area contributed by atoms with Crippen LogP contribution in [0.2, 0.25) is 0 Å². The standard InChI is InChI=1S/C4H9O3P/c1-2-3-8(6,7)4-5/h2,5H,1,3-4H2,(H,6,7). The Morgan fingerprint density at radius 2 is 2.25 bits per heavy atom. The number of rotatable bonds is 3. The minimum Gasteiger partial charge on any atom is -0.386 e. The quantitative estimate of drug-likeness (QED) is 0.436. The van der Waals surface area contributed by atoms with Crippen LogP contribution in [0.5, 0.6) is 0 Å². The zero-order valence-corrected chi connectivity index (χ0v) is 5.34. The molecule has 0 heterocycles. The van der Waals surface area contributed by atoms with Gasteiger partial charge in [-0.2, -0.15) is 0 Å². The summed E-state index contributed by atoms with van der Waals surface area (Å²) in [6.45, 7) is 3.25. The lowest BCUT2D eigenvalue weighted by molar-refractivity contribution is 0.334. The Hall–Kier alpha value is -0.110. The molecule has 0 aromatic carbocycles. The van der Waals surface area contributed by atoms with Crippen LogP contribution in [0.4, 0.5) is 0 Å². The summed E-state index contributed by atoms with van der Waals surface area (Å²) in [4.78, 5) is 8.56. The van der Waals surface area contributed by atoms with Crippen molar-refractivity contribution in [1.29, 1.82) is 0 Å². The summed E-state index contributed by atoms with van der Waals surface area (Å²) in [5, 5.41) is 8.16. The van der Waals surface area contributed by atoms with Gasteiger partial charge in [0.2, 0.25) is 7.37 Å². The molecule has 3 nitrogen and oxygen atoms in total. The number of hydrogen-bond acceptors (Lipinski definition) is 2. The van der Waals surface area contributed by atoms with Crippen LogP contribution in [0.25, 0.3) is 0 Å². The first-order chi connectivity index (χ1) is 3.62. The summed E-state index contributed by atoms with van der Waals surface area (Å²) in [7, 11) is -3.24. The molecule has 2 N–H and O–H groups in total. The molecule has 0 rings (SSSR count). The van der Waals surface area contributed by atoms with E-state index in [4.69, 9.17) is 10.00 Å². The van der Waals surface area contributed by atoms with Crippen LogP contribution in [0, 0.1) is 0 Å². The molecular weight excluding hydrogens is 127 g/mol. The lowest BCUT2D eigenvalue weighted by atomic mass is 10.8. The molecule has 0 radical (unpaired) electrons. The fourth-order valence-corrected chi connectivity index (χ4v) is 0.778. The zero-order chi connectivity index (χ0) is 6.62. The molecule has 0 aromatic rings. The summed E-state index contributed by atoms with van der Waals surface area (Å²) in [5.74, 6) is 0. The second kappa shape index (κ2) is 3.02. The second-order valence-electron chi connectivity index (χ2n) is 1.46. The average Bonchev–Trinajstić information content (AvgIpc) is 1.67. The highest BCUT2D eigenvalue weighted by molar-refractivity contribution is 7.57. The van der Waals surface area contributed by atoms with E-state index in [9.17, 15) is 4.57 Å². The predicted octanol–water partition coefficient (Wildman–Crippen LogP) is 0.393. The van der Waals surface area contributed by atoms with Gasteiger partial charge in [-0.05, 0) is 0 Å². The predicted molar refractivity (Wildman–Crippen MR) is 32.0 cm³/mol. The molecule has 0 bridgehead atoms. The Kier molecular flexibility index (Phi) is 2.98. The van der Waals surface area contributed by atoms with Crippen LogP contribution in [0.15, 0.2) is 12.7 Å². The molecule has 0 saturated heterocycles. The van der Waals surface area contributed by atoms with Crippen molar-refractivity contribution in [2.45, 2.75) is 0 Å². The maximum absolute atomic E-state index is 10.4. The molecule has 48 valence electrons. The maximum atomic E-state index is 10.4. The van der Waals surface area contributed by atoms with E-state index in [1.54, 1.807) is 0 Å². The van der Waals surface area contributed by atoms with E-state index >= 15 is 0 Å². The maximum Gasteiger partial charge on any atom is 0.228 e. The molecular formula is C4H9O3P. The highest BCUT2D eigenvalue weighted by atomic mass is 31.2. The molecule has 0 fully saturated rings. The lowest BCUT2D eigenvalue weighted by Crippen LogP contribution is -1.88. The van der Waals surface area contributed by atoms with E-state index < -0.39 is 13.7 Å². The molecule has 0 aliphatic rings. The third kappa shape index (κ3) is 2.97. The first-order valence-corrected chi connectivity index (χ1v) is 4.18. The van der Waals surface area contributed by atoms with Crippen LogP contribution in [-0.4, -0.2) is 22.5 Å². The van der Waals surface area contributed by atoms with E-state index in [1.165, 1.54) is 6.08 Å². The van der Waals surface area contributed by atoms with Crippen molar-refractivity contribution in [1.82, 2.24) is 0 Å². The minimum atomic E-state index is -3.24. The SMILES string of the molecule is C=CCP(=O)(O)CO. The number of aliphatic hydroxyl groups excluding tert-OH is 1. The first-order valence-electron chi connectivity index (χ1n) is 2.15. The molecule has 1 unspecified atom stereocenters. The lowest BCUT2D eigenvalue weighted by Gasteiger charge is -2.01. The van der Waals surface area contributed by atoms with Crippen LogP contribution in [-0.2, 0) is 4.57 Å². The molecule has 0 amide bonds. The van der Waals surface area contributed by atoms with E-state index in [-0.39, 0.29) is 6.16 Å². The minimum absolute atomic E-state index is 0.0104. The number of allylic oxidation sites excluding steroid dienone is 1. The van der Waals surface area contributed by atoms with Gasteiger partial charge < -0.3 is 10.00 Å². The van der Waals surface area contributed by atoms with Crippen LogP contribution < -0.4 is 0 Å². The second-order valence-corrected chi connectivity index (χ2v) is 3.80. The van der Waals surface area contributed by atoms with Gasteiger partial charge in [0, 0.05) is 6.16 Å². The molecule has 4 heteroatoms. The van der Waals surface area contributed by atoms with Crippen molar-refractivity contribution in [2.75, 3.05) is 12.5 Å².